The van der Waals surface area contributed by atoms with Crippen LogP contribution < -0.4 is 10.6 Å². The number of aliphatic hydroxyl groups is 2. The Balaban J connectivity index is 3.81. The number of nitrogens with two attached hydrogens (primary N) is 1. The highest BCUT2D eigenvalue weighted by molar-refractivity contribution is 14.1. The standard InChI is InChI=1S/C13H13I3N2O6/c1-4(20)18(2-5(21)3-19)11-9(15)6(12(17)22)8(14)7(10(11)16)13(23)24/h5,19,21H,2-3H2,1H3,(H2,17,22)(H,23,24). The Bertz CT molecular complexity index is 668. The van der Waals surface area contributed by atoms with E-state index in [1.807, 2.05) is 22.6 Å². The number of hydrogen-bond donors (Lipinski definition) is 4. The van der Waals surface area contributed by atoms with Crippen LogP contribution in [-0.2, 0) is 4.79 Å². The van der Waals surface area contributed by atoms with Crippen molar-refractivity contribution in [3.05, 3.63) is 21.8 Å². The molecule has 0 bridgehead atoms. The summed E-state index contributed by atoms with van der Waals surface area (Å²) in [5.74, 6) is -2.57. The number of hydrogen-bond acceptors (Lipinski definition) is 5. The van der Waals surface area contributed by atoms with Crippen LogP contribution in [-0.4, -0.2) is 52.4 Å². The number of carbonyl (C=O) groups excluding carboxylic acids is 2. The fourth-order valence-corrected chi connectivity index (χ4v) is 6.68. The van der Waals surface area contributed by atoms with Gasteiger partial charge in [0.2, 0.25) is 5.91 Å². The molecule has 11 heteroatoms. The van der Waals surface area contributed by atoms with Crippen molar-refractivity contribution in [2.24, 2.45) is 5.73 Å². The lowest BCUT2D eigenvalue weighted by atomic mass is 10.1. The predicted octanol–water partition coefficient (Wildman–Crippen LogP) is 1.00. The highest BCUT2D eigenvalue weighted by Crippen LogP contribution is 2.38. The van der Waals surface area contributed by atoms with Gasteiger partial charge in [-0.05, 0) is 67.8 Å². The van der Waals surface area contributed by atoms with Crippen molar-refractivity contribution in [3.8, 4) is 0 Å². The number of aromatic carboxylic acids is 1. The molecule has 0 heterocycles. The second kappa shape index (κ2) is 8.91. The van der Waals surface area contributed by atoms with Crippen LogP contribution in [0.15, 0.2) is 0 Å². The molecule has 1 aromatic carbocycles. The number of carbonyl (C=O) groups is 3. The molecule has 1 rings (SSSR count). The van der Waals surface area contributed by atoms with E-state index in [2.05, 4.69) is 0 Å². The fraction of sp³-hybridized carbons (Fsp3) is 0.308. The van der Waals surface area contributed by atoms with Crippen LogP contribution in [0.25, 0.3) is 0 Å². The summed E-state index contributed by atoms with van der Waals surface area (Å²) in [6, 6.07) is 0. The Labute approximate surface area is 178 Å². The molecule has 0 aliphatic heterocycles. The summed E-state index contributed by atoms with van der Waals surface area (Å²) < 4.78 is 0.717. The van der Waals surface area contributed by atoms with Crippen LogP contribution in [0, 0.1) is 10.7 Å². The molecule has 1 unspecified atom stereocenters. The van der Waals surface area contributed by atoms with E-state index >= 15 is 0 Å². The van der Waals surface area contributed by atoms with Gasteiger partial charge in [0.15, 0.2) is 0 Å². The van der Waals surface area contributed by atoms with Gasteiger partial charge in [-0.1, -0.05) is 0 Å². The molecule has 5 N–H and O–H groups in total. The molecule has 0 aromatic heterocycles. The maximum absolute atomic E-state index is 12.0. The second-order valence-corrected chi connectivity index (χ2v) is 7.91. The van der Waals surface area contributed by atoms with E-state index in [0.29, 0.717) is 3.57 Å². The van der Waals surface area contributed by atoms with Crippen molar-refractivity contribution in [3.63, 3.8) is 0 Å². The zero-order valence-electron chi connectivity index (χ0n) is 12.2. The summed E-state index contributed by atoms with van der Waals surface area (Å²) in [6.45, 7) is 0.407. The Morgan fingerprint density at radius 2 is 1.62 bits per heavy atom. The van der Waals surface area contributed by atoms with Gasteiger partial charge in [0.1, 0.15) is 0 Å². The van der Waals surface area contributed by atoms with Crippen molar-refractivity contribution in [1.82, 2.24) is 0 Å². The minimum Gasteiger partial charge on any atom is -0.478 e. The molecule has 8 nitrogen and oxygen atoms in total. The van der Waals surface area contributed by atoms with Crippen molar-refractivity contribution < 1.29 is 29.7 Å². The minimum atomic E-state index is -1.27. The van der Waals surface area contributed by atoms with Crippen LogP contribution in [0.3, 0.4) is 0 Å². The van der Waals surface area contributed by atoms with Crippen LogP contribution in [0.2, 0.25) is 0 Å². The molecule has 0 aliphatic carbocycles. The lowest BCUT2D eigenvalue weighted by Gasteiger charge is -2.27. The van der Waals surface area contributed by atoms with Gasteiger partial charge in [0.05, 0.1) is 43.2 Å². The van der Waals surface area contributed by atoms with Crippen molar-refractivity contribution in [2.45, 2.75) is 13.0 Å². The summed E-state index contributed by atoms with van der Waals surface area (Å²) in [4.78, 5) is 36.5. The summed E-state index contributed by atoms with van der Waals surface area (Å²) >= 11 is 5.32. The van der Waals surface area contributed by atoms with E-state index in [1.165, 1.54) is 6.92 Å². The number of carboxylic acids is 1. The highest BCUT2D eigenvalue weighted by atomic mass is 127. The molecule has 0 spiro atoms. The van der Waals surface area contributed by atoms with Crippen LogP contribution in [0.1, 0.15) is 27.6 Å². The number of anilines is 1. The minimum absolute atomic E-state index is 0.00578. The summed E-state index contributed by atoms with van der Waals surface area (Å²) in [7, 11) is 0. The number of rotatable bonds is 6. The molecule has 0 saturated carbocycles. The largest absolute Gasteiger partial charge is 0.478 e. The van der Waals surface area contributed by atoms with Crippen LogP contribution in [0.4, 0.5) is 5.69 Å². The normalized spacial score (nSPS) is 11.9. The molecule has 1 aromatic rings. The number of benzene rings is 1. The predicted molar refractivity (Wildman–Crippen MR) is 111 cm³/mol. The highest BCUT2D eigenvalue weighted by Gasteiger charge is 2.31. The molecule has 0 radical (unpaired) electrons. The number of nitrogens with zero attached hydrogens (tertiary/aromatic N) is 1. The lowest BCUT2D eigenvalue weighted by Crippen LogP contribution is -2.39. The molecule has 1 atom stereocenters. The molecule has 0 saturated heterocycles. The van der Waals surface area contributed by atoms with Gasteiger partial charge in [0, 0.05) is 10.5 Å². The molecule has 132 valence electrons. The van der Waals surface area contributed by atoms with Gasteiger partial charge in [-0.2, -0.15) is 0 Å². The number of amides is 2. The van der Waals surface area contributed by atoms with E-state index in [4.69, 9.17) is 10.8 Å². The monoisotopic (exact) mass is 674 g/mol. The summed E-state index contributed by atoms with van der Waals surface area (Å²) in [5.41, 5.74) is 5.39. The van der Waals surface area contributed by atoms with E-state index < -0.39 is 30.5 Å². The molecule has 2 amide bonds. The van der Waals surface area contributed by atoms with Gasteiger partial charge < -0.3 is 26.0 Å². The zero-order valence-corrected chi connectivity index (χ0v) is 18.7. The van der Waals surface area contributed by atoms with Gasteiger partial charge in [-0.15, -0.1) is 0 Å². The first-order chi connectivity index (χ1) is 11.0. The Morgan fingerprint density at radius 3 is 2.00 bits per heavy atom. The molecule has 24 heavy (non-hydrogen) atoms. The van der Waals surface area contributed by atoms with Crippen LogP contribution >= 0.6 is 67.8 Å². The third-order valence-corrected chi connectivity index (χ3v) is 6.19. The average Bonchev–Trinajstić information content (AvgIpc) is 2.44. The van der Waals surface area contributed by atoms with E-state index in [0.717, 1.165) is 4.90 Å². The molecule has 0 fully saturated rings. The average molecular weight is 674 g/mol. The first-order valence-corrected chi connectivity index (χ1v) is 9.58. The lowest BCUT2D eigenvalue weighted by molar-refractivity contribution is -0.117. The number of carboxylic acid groups (broad SMARTS) is 1. The smallest absolute Gasteiger partial charge is 0.337 e. The summed E-state index contributed by atoms with van der Waals surface area (Å²) in [6.07, 6.45) is -1.22. The van der Waals surface area contributed by atoms with Gasteiger partial charge in [-0.3, -0.25) is 9.59 Å². The molecular formula is C13H13I3N2O6. The fourth-order valence-electron chi connectivity index (χ4n) is 1.94. The SMILES string of the molecule is CC(=O)N(CC(O)CO)c1c(I)c(C(N)=O)c(I)c(C(=O)O)c1I. The Kier molecular flexibility index (Phi) is 8.08. The van der Waals surface area contributed by atoms with Crippen LogP contribution in [0.5, 0.6) is 0 Å². The van der Waals surface area contributed by atoms with Crippen molar-refractivity contribution in [1.29, 1.82) is 0 Å². The number of halogens is 3. The zero-order chi connectivity index (χ0) is 18.8. The summed E-state index contributed by atoms with van der Waals surface area (Å²) in [5, 5.41) is 28.2. The van der Waals surface area contributed by atoms with E-state index in [1.54, 1.807) is 45.2 Å². The first kappa shape index (κ1) is 21.8. The maximum atomic E-state index is 12.0. The van der Waals surface area contributed by atoms with Gasteiger partial charge >= 0.3 is 5.97 Å². The third-order valence-electron chi connectivity index (χ3n) is 3.01. The number of primary amides is 1. The Hall–Kier alpha value is -0.260. The first-order valence-electron chi connectivity index (χ1n) is 6.35. The van der Waals surface area contributed by atoms with E-state index in [-0.39, 0.29) is 30.5 Å². The molecular weight excluding hydrogens is 661 g/mol. The number of aliphatic hydroxyl groups excluding tert-OH is 2. The van der Waals surface area contributed by atoms with E-state index in [9.17, 15) is 24.6 Å². The maximum Gasteiger partial charge on any atom is 0.337 e. The van der Waals surface area contributed by atoms with Gasteiger partial charge in [-0.25, -0.2) is 4.79 Å². The second-order valence-electron chi connectivity index (χ2n) is 4.68. The van der Waals surface area contributed by atoms with Gasteiger partial charge in [0.25, 0.3) is 5.91 Å². The topological polar surface area (TPSA) is 141 Å². The van der Waals surface area contributed by atoms with Crippen molar-refractivity contribution >= 4 is 91.2 Å². The Morgan fingerprint density at radius 1 is 1.12 bits per heavy atom. The quantitative estimate of drug-likeness (QED) is 0.333. The van der Waals surface area contributed by atoms with Crippen molar-refractivity contribution in [2.75, 3.05) is 18.1 Å². The third kappa shape index (κ3) is 4.47. The molecule has 0 aliphatic rings.